The van der Waals surface area contributed by atoms with E-state index in [1.807, 2.05) is 12.1 Å². The fraction of sp³-hybridized carbons (Fsp3) is 0.533. The number of ether oxygens (including phenoxy) is 2. The number of hydrogen-bond acceptors (Lipinski definition) is 3. The minimum atomic E-state index is -0.0706. The number of carbonyl (C=O) groups is 1. The molecule has 0 bridgehead atoms. The van der Waals surface area contributed by atoms with E-state index < -0.39 is 0 Å². The first kappa shape index (κ1) is 14.6. The van der Waals surface area contributed by atoms with Crippen LogP contribution in [-0.4, -0.2) is 24.9 Å². The molecule has 1 aromatic carbocycles. The summed E-state index contributed by atoms with van der Waals surface area (Å²) < 4.78 is 11.2. The second-order valence-electron chi connectivity index (χ2n) is 4.88. The summed E-state index contributed by atoms with van der Waals surface area (Å²) in [4.78, 5) is 10.9. The molecule has 0 N–H and O–H groups in total. The van der Waals surface area contributed by atoms with Gasteiger partial charge in [-0.25, -0.2) is 0 Å². The Morgan fingerprint density at radius 2 is 2.37 bits per heavy atom. The lowest BCUT2D eigenvalue weighted by Crippen LogP contribution is -2.25. The largest absolute Gasteiger partial charge is 0.381 e. The normalized spacial score (nSPS) is 23.3. The molecule has 0 amide bonds. The first-order chi connectivity index (χ1) is 9.19. The summed E-state index contributed by atoms with van der Waals surface area (Å²) in [6.07, 6.45) is 3.44. The number of rotatable bonds is 5. The van der Waals surface area contributed by atoms with Crippen LogP contribution < -0.4 is 0 Å². The summed E-state index contributed by atoms with van der Waals surface area (Å²) in [5.41, 5.74) is 2.33. The van der Waals surface area contributed by atoms with Crippen LogP contribution in [-0.2, 0) is 20.7 Å². The summed E-state index contributed by atoms with van der Waals surface area (Å²) >= 11 is 3.80. The molecule has 0 aromatic heterocycles. The lowest BCUT2D eigenvalue weighted by atomic mass is 9.97. The van der Waals surface area contributed by atoms with Crippen LogP contribution in [0.4, 0.5) is 0 Å². The Kier molecular flexibility index (Phi) is 5.43. The van der Waals surface area contributed by atoms with Gasteiger partial charge in [0, 0.05) is 26.6 Å². The van der Waals surface area contributed by atoms with Crippen LogP contribution in [0.15, 0.2) is 24.3 Å². The van der Waals surface area contributed by atoms with E-state index in [0.717, 1.165) is 31.4 Å². The van der Waals surface area contributed by atoms with Crippen molar-refractivity contribution in [1.82, 2.24) is 0 Å². The summed E-state index contributed by atoms with van der Waals surface area (Å²) in [5.74, 6) is 0. The van der Waals surface area contributed by atoms with Gasteiger partial charge in [-0.2, -0.15) is 0 Å². The number of benzene rings is 1. The molecule has 4 heteroatoms. The maximum Gasteiger partial charge on any atom is 0.186 e. The van der Waals surface area contributed by atoms with Gasteiger partial charge >= 0.3 is 0 Å². The van der Waals surface area contributed by atoms with Crippen LogP contribution >= 0.6 is 12.6 Å². The van der Waals surface area contributed by atoms with E-state index in [1.165, 1.54) is 5.56 Å². The third kappa shape index (κ3) is 4.34. The Hall–Kier alpha value is -0.840. The molecule has 2 atom stereocenters. The zero-order valence-electron chi connectivity index (χ0n) is 11.2. The number of thiol groups is 1. The van der Waals surface area contributed by atoms with E-state index in [4.69, 9.17) is 9.47 Å². The Balaban J connectivity index is 2.03. The van der Waals surface area contributed by atoms with Crippen LogP contribution in [0.25, 0.3) is 0 Å². The smallest absolute Gasteiger partial charge is 0.186 e. The molecule has 3 nitrogen and oxygen atoms in total. The lowest BCUT2D eigenvalue weighted by Gasteiger charge is -2.29. The van der Waals surface area contributed by atoms with Gasteiger partial charge in [0.15, 0.2) is 5.12 Å². The first-order valence-electron chi connectivity index (χ1n) is 6.64. The second-order valence-corrected chi connectivity index (χ2v) is 5.38. The topological polar surface area (TPSA) is 35.5 Å². The lowest BCUT2D eigenvalue weighted by molar-refractivity contribution is -0.110. The second kappa shape index (κ2) is 7.08. The van der Waals surface area contributed by atoms with Gasteiger partial charge in [-0.3, -0.25) is 4.79 Å². The maximum atomic E-state index is 10.9. The molecule has 2 unspecified atom stereocenters. The molecule has 0 radical (unpaired) electrons. The predicted octanol–water partition coefficient (Wildman–Crippen LogP) is 2.94. The molecule has 19 heavy (non-hydrogen) atoms. The van der Waals surface area contributed by atoms with Crippen molar-refractivity contribution in [1.29, 1.82) is 0 Å². The highest BCUT2D eigenvalue weighted by atomic mass is 32.1. The van der Waals surface area contributed by atoms with Crippen LogP contribution in [0.2, 0.25) is 0 Å². The van der Waals surface area contributed by atoms with Gasteiger partial charge in [-0.1, -0.05) is 24.3 Å². The predicted molar refractivity (Wildman–Crippen MR) is 77.5 cm³/mol. The monoisotopic (exact) mass is 280 g/mol. The van der Waals surface area contributed by atoms with Crippen LogP contribution in [0.5, 0.6) is 0 Å². The van der Waals surface area contributed by atoms with E-state index in [2.05, 4.69) is 24.8 Å². The van der Waals surface area contributed by atoms with E-state index in [9.17, 15) is 4.79 Å². The molecule has 1 heterocycles. The number of carbonyl (C=O) groups excluding carboxylic acids is 1. The van der Waals surface area contributed by atoms with Crippen molar-refractivity contribution in [3.63, 3.8) is 0 Å². The molecule has 0 spiro atoms. The minimum absolute atomic E-state index is 0.0706. The molecule has 1 fully saturated rings. The molecule has 1 aliphatic rings. The fourth-order valence-corrected chi connectivity index (χ4v) is 2.52. The molecule has 104 valence electrons. The third-order valence-corrected chi connectivity index (χ3v) is 3.74. The summed E-state index contributed by atoms with van der Waals surface area (Å²) in [6, 6.07) is 8.26. The standard InChI is InChI=1S/C15H20O3S/c1-17-13-7-8-18-14(10-13)12-4-2-3-11(9-12)5-6-15(16)19/h2-4,9,13-14H,5-8,10H2,1H3,(H,16,19). The molecule has 2 rings (SSSR count). The van der Waals surface area contributed by atoms with Crippen molar-refractivity contribution >= 4 is 17.7 Å². The first-order valence-corrected chi connectivity index (χ1v) is 7.09. The van der Waals surface area contributed by atoms with Crippen LogP contribution in [0.3, 0.4) is 0 Å². The van der Waals surface area contributed by atoms with E-state index in [1.54, 1.807) is 7.11 Å². The Labute approximate surface area is 119 Å². The van der Waals surface area contributed by atoms with Gasteiger partial charge in [0.05, 0.1) is 12.2 Å². The van der Waals surface area contributed by atoms with Crippen molar-refractivity contribution in [3.05, 3.63) is 35.4 Å². The third-order valence-electron chi connectivity index (χ3n) is 3.52. The number of methoxy groups -OCH3 is 1. The van der Waals surface area contributed by atoms with E-state index in [-0.39, 0.29) is 17.3 Å². The van der Waals surface area contributed by atoms with Crippen molar-refractivity contribution in [2.24, 2.45) is 0 Å². The summed E-state index contributed by atoms with van der Waals surface area (Å²) in [6.45, 7) is 0.739. The van der Waals surface area contributed by atoms with Crippen LogP contribution in [0, 0.1) is 0 Å². The van der Waals surface area contributed by atoms with E-state index in [0.29, 0.717) is 6.42 Å². The fourth-order valence-electron chi connectivity index (χ4n) is 2.41. The van der Waals surface area contributed by atoms with Crippen molar-refractivity contribution in [2.45, 2.75) is 37.9 Å². The van der Waals surface area contributed by atoms with Crippen molar-refractivity contribution < 1.29 is 14.3 Å². The van der Waals surface area contributed by atoms with Gasteiger partial charge in [0.2, 0.25) is 0 Å². The minimum Gasteiger partial charge on any atom is -0.381 e. The Morgan fingerprint density at radius 3 is 3.11 bits per heavy atom. The van der Waals surface area contributed by atoms with Crippen molar-refractivity contribution in [2.75, 3.05) is 13.7 Å². The zero-order valence-corrected chi connectivity index (χ0v) is 12.1. The van der Waals surface area contributed by atoms with Gasteiger partial charge in [-0.15, -0.1) is 12.6 Å². The summed E-state index contributed by atoms with van der Waals surface area (Å²) in [7, 11) is 1.75. The molecular weight excluding hydrogens is 260 g/mol. The molecule has 0 saturated carbocycles. The van der Waals surface area contributed by atoms with Crippen molar-refractivity contribution in [3.8, 4) is 0 Å². The van der Waals surface area contributed by atoms with Crippen LogP contribution in [0.1, 0.15) is 36.5 Å². The molecular formula is C15H20O3S. The zero-order chi connectivity index (χ0) is 13.7. The highest BCUT2D eigenvalue weighted by Gasteiger charge is 2.23. The number of aryl methyl sites for hydroxylation is 1. The SMILES string of the molecule is COC1CCOC(c2cccc(CCC(=O)S)c2)C1. The van der Waals surface area contributed by atoms with E-state index >= 15 is 0 Å². The molecule has 1 saturated heterocycles. The van der Waals surface area contributed by atoms with Gasteiger partial charge in [0.25, 0.3) is 0 Å². The number of hydrogen-bond donors (Lipinski definition) is 1. The quantitative estimate of drug-likeness (QED) is 0.842. The maximum absolute atomic E-state index is 10.9. The molecule has 1 aliphatic heterocycles. The Morgan fingerprint density at radius 1 is 1.53 bits per heavy atom. The summed E-state index contributed by atoms with van der Waals surface area (Å²) in [5, 5.41) is -0.0706. The van der Waals surface area contributed by atoms with Gasteiger partial charge in [-0.05, 0) is 24.0 Å². The van der Waals surface area contributed by atoms with Gasteiger partial charge in [0.1, 0.15) is 0 Å². The highest BCUT2D eigenvalue weighted by Crippen LogP contribution is 2.29. The molecule has 0 aliphatic carbocycles. The Bertz CT molecular complexity index is 433. The average molecular weight is 280 g/mol. The average Bonchev–Trinajstić information content (AvgIpc) is 2.45. The highest BCUT2D eigenvalue weighted by molar-refractivity contribution is 7.96. The van der Waals surface area contributed by atoms with Gasteiger partial charge < -0.3 is 9.47 Å². The molecule has 1 aromatic rings.